The molecular weight excluding hydrogens is 156 g/mol. The van der Waals surface area contributed by atoms with Gasteiger partial charge in [-0.2, -0.15) is 0 Å². The predicted octanol–water partition coefficient (Wildman–Crippen LogP) is 4.19. The Balaban J connectivity index is 1.99. The second kappa shape index (κ2) is 4.13. The summed E-state index contributed by atoms with van der Waals surface area (Å²) in [7, 11) is 0. The van der Waals surface area contributed by atoms with Crippen molar-refractivity contribution in [1.29, 1.82) is 0 Å². The van der Waals surface area contributed by atoms with Crippen LogP contribution in [0.3, 0.4) is 0 Å². The lowest BCUT2D eigenvalue weighted by molar-refractivity contribution is 0.665. The Kier molecular flexibility index (Phi) is 2.87. The molecule has 1 radical (unpaired) electrons. The Morgan fingerprint density at radius 2 is 2.00 bits per heavy atom. The molecule has 0 heteroatoms. The van der Waals surface area contributed by atoms with E-state index in [0.717, 1.165) is 0 Å². The first-order valence-electron chi connectivity index (χ1n) is 5.68. The van der Waals surface area contributed by atoms with Gasteiger partial charge in [0.15, 0.2) is 0 Å². The summed E-state index contributed by atoms with van der Waals surface area (Å²) in [6.07, 6.45) is 14.2. The molecule has 0 amide bonds. The fraction of sp³-hybridized carbons (Fsp3) is 0.615. The van der Waals surface area contributed by atoms with Crippen molar-refractivity contribution in [2.24, 2.45) is 0 Å². The van der Waals surface area contributed by atoms with E-state index in [0.29, 0.717) is 0 Å². The van der Waals surface area contributed by atoms with Gasteiger partial charge in [0.2, 0.25) is 0 Å². The van der Waals surface area contributed by atoms with Gasteiger partial charge in [-0.15, -0.1) is 0 Å². The summed E-state index contributed by atoms with van der Waals surface area (Å²) in [5.74, 6) is 1.65. The summed E-state index contributed by atoms with van der Waals surface area (Å²) in [5.41, 5.74) is 3.36. The molecule has 0 fully saturated rings. The predicted molar refractivity (Wildman–Crippen MR) is 57.4 cm³/mol. The van der Waals surface area contributed by atoms with E-state index in [4.69, 9.17) is 0 Å². The Morgan fingerprint density at radius 3 is 2.85 bits per heavy atom. The van der Waals surface area contributed by atoms with E-state index in [1.807, 2.05) is 0 Å². The molecule has 0 bridgehead atoms. The van der Waals surface area contributed by atoms with Crippen LogP contribution in [0.15, 0.2) is 23.3 Å². The van der Waals surface area contributed by atoms with E-state index in [1.54, 1.807) is 17.1 Å². The Hall–Kier alpha value is -0.520. The average molecular weight is 175 g/mol. The van der Waals surface area contributed by atoms with E-state index in [-0.39, 0.29) is 0 Å². The molecule has 0 nitrogen and oxygen atoms in total. The first-order valence-corrected chi connectivity index (χ1v) is 5.68. The van der Waals surface area contributed by atoms with Crippen LogP contribution in [0.2, 0.25) is 0 Å². The molecule has 0 aliphatic heterocycles. The van der Waals surface area contributed by atoms with Crippen LogP contribution in [0.1, 0.15) is 51.9 Å². The summed E-state index contributed by atoms with van der Waals surface area (Å²) in [4.78, 5) is 0. The maximum atomic E-state index is 2.37. The highest BCUT2D eigenvalue weighted by atomic mass is 14.3. The van der Waals surface area contributed by atoms with Gasteiger partial charge in [-0.3, -0.25) is 0 Å². The molecule has 0 saturated carbocycles. The maximum Gasteiger partial charge on any atom is 0.0228 e. The summed E-state index contributed by atoms with van der Waals surface area (Å²) in [5, 5.41) is 0. The van der Waals surface area contributed by atoms with Gasteiger partial charge in [-0.05, 0) is 37.7 Å². The van der Waals surface area contributed by atoms with Crippen LogP contribution in [0.25, 0.3) is 0 Å². The van der Waals surface area contributed by atoms with Crippen LogP contribution in [0, 0.1) is 5.92 Å². The van der Waals surface area contributed by atoms with Crippen LogP contribution in [-0.4, -0.2) is 0 Å². The molecule has 0 aromatic rings. The first-order chi connectivity index (χ1) is 6.42. The third kappa shape index (κ3) is 1.87. The molecule has 2 aliphatic carbocycles. The van der Waals surface area contributed by atoms with Crippen molar-refractivity contribution in [1.82, 2.24) is 0 Å². The molecule has 0 aromatic heterocycles. The molecule has 71 valence electrons. The van der Waals surface area contributed by atoms with Gasteiger partial charge >= 0.3 is 0 Å². The molecule has 0 unspecified atom stereocenters. The lowest BCUT2D eigenvalue weighted by atomic mass is 9.86. The average Bonchev–Trinajstić information content (AvgIpc) is 2.58. The van der Waals surface area contributed by atoms with Crippen LogP contribution < -0.4 is 0 Å². The molecule has 0 aromatic carbocycles. The third-order valence-electron chi connectivity index (χ3n) is 3.18. The SMILES string of the molecule is CCCC[C]1C=CC2=C1CCCC2. The second-order valence-electron chi connectivity index (χ2n) is 4.17. The van der Waals surface area contributed by atoms with Crippen molar-refractivity contribution in [2.75, 3.05) is 0 Å². The van der Waals surface area contributed by atoms with E-state index in [1.165, 1.54) is 44.9 Å². The van der Waals surface area contributed by atoms with Crippen molar-refractivity contribution < 1.29 is 0 Å². The normalized spacial score (nSPS) is 22.5. The summed E-state index contributed by atoms with van der Waals surface area (Å²) >= 11 is 0. The van der Waals surface area contributed by atoms with Crippen LogP contribution in [-0.2, 0) is 0 Å². The lowest BCUT2D eigenvalue weighted by Crippen LogP contribution is -2.01. The number of hydrogen-bond acceptors (Lipinski definition) is 0. The largest absolute Gasteiger partial charge is 0.0728 e. The van der Waals surface area contributed by atoms with Gasteiger partial charge in [0.25, 0.3) is 0 Å². The Bertz CT molecular complexity index is 232. The zero-order chi connectivity index (χ0) is 9.10. The number of hydrogen-bond donors (Lipinski definition) is 0. The van der Waals surface area contributed by atoms with Gasteiger partial charge < -0.3 is 0 Å². The molecule has 0 atom stereocenters. The van der Waals surface area contributed by atoms with Crippen molar-refractivity contribution in [3.05, 3.63) is 29.2 Å². The Labute approximate surface area is 81.7 Å². The van der Waals surface area contributed by atoms with Crippen molar-refractivity contribution in [3.63, 3.8) is 0 Å². The van der Waals surface area contributed by atoms with Crippen molar-refractivity contribution in [2.45, 2.75) is 51.9 Å². The molecule has 2 rings (SSSR count). The van der Waals surface area contributed by atoms with E-state index in [2.05, 4.69) is 19.1 Å². The summed E-state index contributed by atoms with van der Waals surface area (Å²) < 4.78 is 0. The molecule has 0 N–H and O–H groups in total. The highest BCUT2D eigenvalue weighted by Crippen LogP contribution is 2.39. The van der Waals surface area contributed by atoms with Crippen molar-refractivity contribution in [3.8, 4) is 0 Å². The highest BCUT2D eigenvalue weighted by Gasteiger charge is 2.22. The van der Waals surface area contributed by atoms with Gasteiger partial charge in [0.05, 0.1) is 0 Å². The minimum Gasteiger partial charge on any atom is -0.0728 e. The minimum atomic E-state index is 1.31. The van der Waals surface area contributed by atoms with Gasteiger partial charge in [0, 0.05) is 5.92 Å². The van der Waals surface area contributed by atoms with E-state index < -0.39 is 0 Å². The Morgan fingerprint density at radius 1 is 1.15 bits per heavy atom. The number of unbranched alkanes of at least 4 members (excludes halogenated alkanes) is 1. The first kappa shape index (κ1) is 9.05. The fourth-order valence-electron chi connectivity index (χ4n) is 2.38. The summed E-state index contributed by atoms with van der Waals surface area (Å²) in [6, 6.07) is 0. The smallest absolute Gasteiger partial charge is 0.0228 e. The minimum absolute atomic E-state index is 1.31. The zero-order valence-corrected chi connectivity index (χ0v) is 8.60. The third-order valence-corrected chi connectivity index (χ3v) is 3.18. The second-order valence-corrected chi connectivity index (χ2v) is 4.17. The van der Waals surface area contributed by atoms with Gasteiger partial charge in [0.1, 0.15) is 0 Å². The van der Waals surface area contributed by atoms with Crippen LogP contribution in [0.4, 0.5) is 0 Å². The highest BCUT2D eigenvalue weighted by molar-refractivity contribution is 5.49. The molecular formula is C13H19. The number of allylic oxidation sites excluding steroid dienone is 4. The molecule has 13 heavy (non-hydrogen) atoms. The standard InChI is InChI=1S/C13H19/c1-2-3-6-11-9-10-12-7-4-5-8-13(11)12/h9-10H,2-8H2,1H3. The maximum absolute atomic E-state index is 2.37. The number of rotatable bonds is 3. The molecule has 0 spiro atoms. The van der Waals surface area contributed by atoms with E-state index in [9.17, 15) is 0 Å². The van der Waals surface area contributed by atoms with Crippen LogP contribution >= 0.6 is 0 Å². The zero-order valence-electron chi connectivity index (χ0n) is 8.60. The lowest BCUT2D eigenvalue weighted by Gasteiger charge is -2.18. The monoisotopic (exact) mass is 175 g/mol. The molecule has 0 saturated heterocycles. The molecule has 0 heterocycles. The quantitative estimate of drug-likeness (QED) is 0.603. The summed E-state index contributed by atoms with van der Waals surface area (Å²) in [6.45, 7) is 2.27. The van der Waals surface area contributed by atoms with Crippen molar-refractivity contribution >= 4 is 0 Å². The topological polar surface area (TPSA) is 0 Å². The fourth-order valence-corrected chi connectivity index (χ4v) is 2.38. The van der Waals surface area contributed by atoms with Crippen LogP contribution in [0.5, 0.6) is 0 Å². The van der Waals surface area contributed by atoms with Gasteiger partial charge in [-0.1, -0.05) is 37.5 Å². The van der Waals surface area contributed by atoms with Gasteiger partial charge in [-0.25, -0.2) is 0 Å². The van der Waals surface area contributed by atoms with E-state index >= 15 is 0 Å². The molecule has 2 aliphatic rings.